The van der Waals surface area contributed by atoms with Gasteiger partial charge in [0.1, 0.15) is 0 Å². The first-order chi connectivity index (χ1) is 11.3. The normalized spacial score (nSPS) is 20.7. The van der Waals surface area contributed by atoms with Crippen LogP contribution in [-0.2, 0) is 12.8 Å². The van der Waals surface area contributed by atoms with Gasteiger partial charge in [-0.3, -0.25) is 4.79 Å². The number of hydrogen-bond donors (Lipinski definition) is 1. The second kappa shape index (κ2) is 6.17. The van der Waals surface area contributed by atoms with Crippen molar-refractivity contribution in [2.45, 2.75) is 31.3 Å². The van der Waals surface area contributed by atoms with E-state index >= 15 is 0 Å². The third-order valence-corrected chi connectivity index (χ3v) is 5.02. The maximum atomic E-state index is 12.5. The standard InChI is InChI=1S/C20H22N2O/c23-20(15-6-2-1-3-7-15)22-11-10-18(14-22)21-19-12-16-8-4-5-9-17(16)13-19/h1-9,18-19,21H,10-14H2/t18-/m1/s1. The Kier molecular flexibility index (Phi) is 3.88. The van der Waals surface area contributed by atoms with E-state index in [1.807, 2.05) is 35.2 Å². The van der Waals surface area contributed by atoms with E-state index in [4.69, 9.17) is 0 Å². The quantitative estimate of drug-likeness (QED) is 0.945. The third kappa shape index (κ3) is 3.02. The van der Waals surface area contributed by atoms with Crippen molar-refractivity contribution in [3.63, 3.8) is 0 Å². The second-order valence-corrected chi connectivity index (χ2v) is 6.64. The highest BCUT2D eigenvalue weighted by Gasteiger charge is 2.30. The molecule has 0 aromatic heterocycles. The van der Waals surface area contributed by atoms with Crippen molar-refractivity contribution in [2.75, 3.05) is 13.1 Å². The Hall–Kier alpha value is -2.13. The number of fused-ring (bicyclic) bond motifs is 1. The smallest absolute Gasteiger partial charge is 0.253 e. The van der Waals surface area contributed by atoms with Crippen LogP contribution in [-0.4, -0.2) is 36.0 Å². The minimum atomic E-state index is 0.157. The summed E-state index contributed by atoms with van der Waals surface area (Å²) in [5.74, 6) is 0.157. The topological polar surface area (TPSA) is 32.3 Å². The van der Waals surface area contributed by atoms with Gasteiger partial charge in [-0.15, -0.1) is 0 Å². The monoisotopic (exact) mass is 306 g/mol. The van der Waals surface area contributed by atoms with E-state index in [9.17, 15) is 4.79 Å². The van der Waals surface area contributed by atoms with E-state index in [0.717, 1.165) is 37.9 Å². The molecule has 1 atom stereocenters. The second-order valence-electron chi connectivity index (χ2n) is 6.64. The van der Waals surface area contributed by atoms with Crippen LogP contribution >= 0.6 is 0 Å². The van der Waals surface area contributed by atoms with E-state index < -0.39 is 0 Å². The Morgan fingerprint density at radius 1 is 0.913 bits per heavy atom. The summed E-state index contributed by atoms with van der Waals surface area (Å²) in [5.41, 5.74) is 3.74. The van der Waals surface area contributed by atoms with Crippen molar-refractivity contribution < 1.29 is 4.79 Å². The van der Waals surface area contributed by atoms with Gasteiger partial charge in [-0.25, -0.2) is 0 Å². The first-order valence-corrected chi connectivity index (χ1v) is 8.47. The fraction of sp³-hybridized carbons (Fsp3) is 0.350. The molecule has 0 radical (unpaired) electrons. The number of rotatable bonds is 3. The molecule has 0 unspecified atom stereocenters. The Labute approximate surface area is 137 Å². The lowest BCUT2D eigenvalue weighted by molar-refractivity contribution is 0.0788. The van der Waals surface area contributed by atoms with Crippen LogP contribution in [0.5, 0.6) is 0 Å². The van der Waals surface area contributed by atoms with Crippen molar-refractivity contribution in [3.05, 3.63) is 71.3 Å². The van der Waals surface area contributed by atoms with E-state index in [2.05, 4.69) is 29.6 Å². The van der Waals surface area contributed by atoms with E-state index in [-0.39, 0.29) is 5.91 Å². The predicted molar refractivity (Wildman–Crippen MR) is 91.5 cm³/mol. The highest BCUT2D eigenvalue weighted by molar-refractivity contribution is 5.94. The molecule has 2 aromatic rings. The summed E-state index contributed by atoms with van der Waals surface area (Å²) in [6, 6.07) is 19.2. The number of benzene rings is 2. The van der Waals surface area contributed by atoms with Gasteiger partial charge in [-0.2, -0.15) is 0 Å². The minimum absolute atomic E-state index is 0.157. The van der Waals surface area contributed by atoms with Gasteiger partial charge in [0.25, 0.3) is 5.91 Å². The van der Waals surface area contributed by atoms with Gasteiger partial charge < -0.3 is 10.2 Å². The molecule has 1 heterocycles. The molecule has 118 valence electrons. The molecule has 4 rings (SSSR count). The van der Waals surface area contributed by atoms with E-state index in [1.54, 1.807) is 0 Å². The van der Waals surface area contributed by atoms with Crippen LogP contribution in [0.25, 0.3) is 0 Å². The molecule has 3 heteroatoms. The Bertz CT molecular complexity index is 673. The van der Waals surface area contributed by atoms with Crippen LogP contribution in [0.1, 0.15) is 27.9 Å². The van der Waals surface area contributed by atoms with Crippen LogP contribution in [0.2, 0.25) is 0 Å². The highest BCUT2D eigenvalue weighted by Crippen LogP contribution is 2.23. The fourth-order valence-corrected chi connectivity index (χ4v) is 3.85. The van der Waals surface area contributed by atoms with E-state index in [0.29, 0.717) is 12.1 Å². The lowest BCUT2D eigenvalue weighted by atomic mass is 10.1. The summed E-state index contributed by atoms with van der Waals surface area (Å²) in [7, 11) is 0. The number of amides is 1. The molecular formula is C20H22N2O. The molecule has 2 aromatic carbocycles. The van der Waals surface area contributed by atoms with Gasteiger partial charge >= 0.3 is 0 Å². The first-order valence-electron chi connectivity index (χ1n) is 8.47. The summed E-state index contributed by atoms with van der Waals surface area (Å²) in [4.78, 5) is 14.5. The minimum Gasteiger partial charge on any atom is -0.337 e. The summed E-state index contributed by atoms with van der Waals surface area (Å²) in [5, 5.41) is 3.77. The molecule has 0 saturated carbocycles. The van der Waals surface area contributed by atoms with Crippen molar-refractivity contribution in [3.8, 4) is 0 Å². The molecule has 1 amide bonds. The molecule has 1 aliphatic heterocycles. The lowest BCUT2D eigenvalue weighted by Gasteiger charge is -2.20. The number of carbonyl (C=O) groups is 1. The number of likely N-dealkylation sites (tertiary alicyclic amines) is 1. The Morgan fingerprint density at radius 3 is 2.26 bits per heavy atom. The molecule has 1 saturated heterocycles. The molecular weight excluding hydrogens is 284 g/mol. The third-order valence-electron chi connectivity index (χ3n) is 5.02. The van der Waals surface area contributed by atoms with Gasteiger partial charge in [0.15, 0.2) is 0 Å². The van der Waals surface area contributed by atoms with Crippen molar-refractivity contribution in [2.24, 2.45) is 0 Å². The van der Waals surface area contributed by atoms with E-state index in [1.165, 1.54) is 11.1 Å². The van der Waals surface area contributed by atoms with Gasteiger partial charge in [0, 0.05) is 30.7 Å². The Morgan fingerprint density at radius 2 is 1.57 bits per heavy atom. The zero-order valence-electron chi connectivity index (χ0n) is 13.2. The molecule has 1 N–H and O–H groups in total. The zero-order valence-corrected chi connectivity index (χ0v) is 13.2. The fourth-order valence-electron chi connectivity index (χ4n) is 3.85. The number of nitrogens with zero attached hydrogens (tertiary/aromatic N) is 1. The van der Waals surface area contributed by atoms with Crippen molar-refractivity contribution in [1.29, 1.82) is 0 Å². The van der Waals surface area contributed by atoms with Crippen LogP contribution < -0.4 is 5.32 Å². The average molecular weight is 306 g/mol. The first kappa shape index (κ1) is 14.5. The maximum Gasteiger partial charge on any atom is 0.253 e. The maximum absolute atomic E-state index is 12.5. The molecule has 2 aliphatic rings. The van der Waals surface area contributed by atoms with Crippen molar-refractivity contribution >= 4 is 5.91 Å². The summed E-state index contributed by atoms with van der Waals surface area (Å²) >= 11 is 0. The summed E-state index contributed by atoms with van der Waals surface area (Å²) in [6.07, 6.45) is 3.27. The van der Waals surface area contributed by atoms with Gasteiger partial charge in [0.2, 0.25) is 0 Å². The number of nitrogens with one attached hydrogen (secondary N) is 1. The molecule has 0 spiro atoms. The highest BCUT2D eigenvalue weighted by atomic mass is 16.2. The molecule has 1 fully saturated rings. The van der Waals surface area contributed by atoms with Crippen LogP contribution in [0.3, 0.4) is 0 Å². The van der Waals surface area contributed by atoms with Crippen molar-refractivity contribution in [1.82, 2.24) is 10.2 Å². The van der Waals surface area contributed by atoms with Gasteiger partial charge in [0.05, 0.1) is 0 Å². The van der Waals surface area contributed by atoms with Crippen LogP contribution in [0.15, 0.2) is 54.6 Å². The number of carbonyl (C=O) groups excluding carboxylic acids is 1. The van der Waals surface area contributed by atoms with Crippen LogP contribution in [0.4, 0.5) is 0 Å². The van der Waals surface area contributed by atoms with Gasteiger partial charge in [-0.1, -0.05) is 42.5 Å². The van der Waals surface area contributed by atoms with Crippen LogP contribution in [0, 0.1) is 0 Å². The predicted octanol–water partition coefficient (Wildman–Crippen LogP) is 2.66. The SMILES string of the molecule is O=C(c1ccccc1)N1CC[C@@H](NC2Cc3ccccc3C2)C1. The average Bonchev–Trinajstić information content (AvgIpc) is 3.21. The molecule has 23 heavy (non-hydrogen) atoms. The Balaban J connectivity index is 1.34. The molecule has 3 nitrogen and oxygen atoms in total. The molecule has 1 aliphatic carbocycles. The summed E-state index contributed by atoms with van der Waals surface area (Å²) < 4.78 is 0. The molecule has 0 bridgehead atoms. The number of hydrogen-bond acceptors (Lipinski definition) is 2. The van der Waals surface area contributed by atoms with Gasteiger partial charge in [-0.05, 0) is 42.5 Å². The summed E-state index contributed by atoms with van der Waals surface area (Å²) in [6.45, 7) is 1.67. The lowest BCUT2D eigenvalue weighted by Crippen LogP contribution is -2.41. The zero-order chi connectivity index (χ0) is 15.6. The largest absolute Gasteiger partial charge is 0.337 e.